The lowest BCUT2D eigenvalue weighted by Crippen LogP contribution is -2.27. The monoisotopic (exact) mass is 314 g/mol. The molecule has 1 aromatic carbocycles. The van der Waals surface area contributed by atoms with Crippen molar-refractivity contribution in [2.45, 2.75) is 5.16 Å². The van der Waals surface area contributed by atoms with Crippen LogP contribution in [0, 0.1) is 0 Å². The van der Waals surface area contributed by atoms with E-state index in [1.54, 1.807) is 18.0 Å². The Balaban J connectivity index is 1.59. The standard InChI is InChI=1S/C16H18N4OS/c1-19-9-7-18-16(19)22-10-8-17-15(21)14-11-12-5-3-4-6-13(12)20(14)2/h3-7,9,11H,8,10H2,1-2H3,(H,17,21). The Morgan fingerprint density at radius 3 is 2.86 bits per heavy atom. The van der Waals surface area contributed by atoms with Gasteiger partial charge in [-0.2, -0.15) is 0 Å². The lowest BCUT2D eigenvalue weighted by Gasteiger charge is -2.06. The van der Waals surface area contributed by atoms with Gasteiger partial charge in [0.2, 0.25) is 0 Å². The van der Waals surface area contributed by atoms with Crippen molar-refractivity contribution in [3.05, 3.63) is 48.4 Å². The number of thioether (sulfide) groups is 1. The van der Waals surface area contributed by atoms with Crippen LogP contribution in [0.4, 0.5) is 0 Å². The summed E-state index contributed by atoms with van der Waals surface area (Å²) in [5.41, 5.74) is 1.75. The Bertz CT molecular complexity index is 805. The van der Waals surface area contributed by atoms with Crippen LogP contribution in [0.5, 0.6) is 0 Å². The number of aromatic nitrogens is 3. The largest absolute Gasteiger partial charge is 0.350 e. The minimum atomic E-state index is -0.0425. The van der Waals surface area contributed by atoms with Gasteiger partial charge >= 0.3 is 0 Å². The molecule has 0 fully saturated rings. The number of carbonyl (C=O) groups is 1. The first-order chi connectivity index (χ1) is 10.7. The highest BCUT2D eigenvalue weighted by molar-refractivity contribution is 7.99. The molecule has 3 rings (SSSR count). The molecule has 114 valence electrons. The molecule has 1 amide bonds. The summed E-state index contributed by atoms with van der Waals surface area (Å²) in [7, 11) is 3.88. The van der Waals surface area contributed by atoms with Gasteiger partial charge in [-0.3, -0.25) is 4.79 Å². The number of nitrogens with one attached hydrogen (secondary N) is 1. The summed E-state index contributed by atoms with van der Waals surface area (Å²) >= 11 is 1.63. The second-order valence-electron chi connectivity index (χ2n) is 5.07. The second-order valence-corrected chi connectivity index (χ2v) is 6.13. The quantitative estimate of drug-likeness (QED) is 0.581. The smallest absolute Gasteiger partial charge is 0.267 e. The zero-order chi connectivity index (χ0) is 15.5. The fourth-order valence-electron chi connectivity index (χ4n) is 2.40. The van der Waals surface area contributed by atoms with Crippen LogP contribution in [0.3, 0.4) is 0 Å². The van der Waals surface area contributed by atoms with Gasteiger partial charge in [-0.15, -0.1) is 0 Å². The molecule has 1 N–H and O–H groups in total. The number of para-hydroxylation sites is 1. The summed E-state index contributed by atoms with van der Waals surface area (Å²) in [5, 5.41) is 5.00. The lowest BCUT2D eigenvalue weighted by atomic mass is 10.2. The van der Waals surface area contributed by atoms with Crippen LogP contribution in [0.15, 0.2) is 47.9 Å². The molecule has 6 heteroatoms. The van der Waals surface area contributed by atoms with Gasteiger partial charge in [-0.1, -0.05) is 30.0 Å². The Labute approximate surface area is 133 Å². The van der Waals surface area contributed by atoms with E-state index in [-0.39, 0.29) is 5.91 Å². The number of amides is 1. The topological polar surface area (TPSA) is 51.9 Å². The number of carbonyl (C=O) groups excluding carboxylic acids is 1. The summed E-state index contributed by atoms with van der Waals surface area (Å²) < 4.78 is 3.90. The molecule has 3 aromatic rings. The Morgan fingerprint density at radius 1 is 1.32 bits per heavy atom. The van der Waals surface area contributed by atoms with Crippen molar-refractivity contribution in [3.8, 4) is 0 Å². The minimum absolute atomic E-state index is 0.0425. The zero-order valence-electron chi connectivity index (χ0n) is 12.6. The first kappa shape index (κ1) is 14.7. The third-order valence-electron chi connectivity index (χ3n) is 3.58. The summed E-state index contributed by atoms with van der Waals surface area (Å²) in [6, 6.07) is 9.92. The van der Waals surface area contributed by atoms with Crippen LogP contribution >= 0.6 is 11.8 Å². The van der Waals surface area contributed by atoms with Gasteiger partial charge in [-0.05, 0) is 12.1 Å². The SMILES string of the molecule is Cn1ccnc1SCCNC(=O)c1cc2ccccc2n1C. The molecule has 5 nitrogen and oxygen atoms in total. The van der Waals surface area contributed by atoms with Gasteiger partial charge in [0.05, 0.1) is 0 Å². The predicted octanol–water partition coefficient (Wildman–Crippen LogP) is 2.43. The molecule has 0 radical (unpaired) electrons. The number of benzene rings is 1. The van der Waals surface area contributed by atoms with Crippen molar-refractivity contribution in [1.82, 2.24) is 19.4 Å². The number of nitrogens with zero attached hydrogens (tertiary/aromatic N) is 3. The van der Waals surface area contributed by atoms with Gasteiger partial charge in [-0.25, -0.2) is 4.98 Å². The summed E-state index contributed by atoms with van der Waals surface area (Å²) in [4.78, 5) is 16.5. The number of fused-ring (bicyclic) bond motifs is 1. The van der Waals surface area contributed by atoms with E-state index in [4.69, 9.17) is 0 Å². The van der Waals surface area contributed by atoms with Crippen molar-refractivity contribution >= 4 is 28.6 Å². The van der Waals surface area contributed by atoms with Crippen molar-refractivity contribution in [3.63, 3.8) is 0 Å². The maximum absolute atomic E-state index is 12.3. The second kappa shape index (κ2) is 6.27. The zero-order valence-corrected chi connectivity index (χ0v) is 13.4. The molecule has 0 aliphatic rings. The first-order valence-corrected chi connectivity index (χ1v) is 8.08. The highest BCUT2D eigenvalue weighted by atomic mass is 32.2. The maximum atomic E-state index is 12.3. The Kier molecular flexibility index (Phi) is 4.20. The van der Waals surface area contributed by atoms with Crippen molar-refractivity contribution in [1.29, 1.82) is 0 Å². The van der Waals surface area contributed by atoms with Crippen LogP contribution in [0.2, 0.25) is 0 Å². The van der Waals surface area contributed by atoms with E-state index in [0.717, 1.165) is 21.8 Å². The third kappa shape index (κ3) is 2.87. The molecule has 0 aliphatic heterocycles. The van der Waals surface area contributed by atoms with E-state index < -0.39 is 0 Å². The summed E-state index contributed by atoms with van der Waals surface area (Å²) in [6.45, 7) is 0.609. The van der Waals surface area contributed by atoms with Crippen LogP contribution in [-0.2, 0) is 14.1 Å². The molecule has 0 spiro atoms. The summed E-state index contributed by atoms with van der Waals surface area (Å²) in [6.07, 6.45) is 3.69. The molecule has 0 unspecified atom stereocenters. The molecule has 22 heavy (non-hydrogen) atoms. The van der Waals surface area contributed by atoms with E-state index in [9.17, 15) is 4.79 Å². The third-order valence-corrected chi connectivity index (χ3v) is 4.64. The number of imidazole rings is 1. The molecular weight excluding hydrogens is 296 g/mol. The Morgan fingerprint density at radius 2 is 2.14 bits per heavy atom. The molecule has 0 saturated heterocycles. The fourth-order valence-corrected chi connectivity index (χ4v) is 3.18. The van der Waals surface area contributed by atoms with Crippen LogP contribution in [0.25, 0.3) is 10.9 Å². The first-order valence-electron chi connectivity index (χ1n) is 7.09. The molecule has 0 bridgehead atoms. The van der Waals surface area contributed by atoms with Crippen LogP contribution in [-0.4, -0.2) is 32.3 Å². The van der Waals surface area contributed by atoms with Gasteiger partial charge < -0.3 is 14.5 Å². The average molecular weight is 314 g/mol. The van der Waals surface area contributed by atoms with Gasteiger partial charge in [0.25, 0.3) is 5.91 Å². The summed E-state index contributed by atoms with van der Waals surface area (Å²) in [5.74, 6) is 0.750. The fraction of sp³-hybridized carbons (Fsp3) is 0.250. The minimum Gasteiger partial charge on any atom is -0.350 e. The van der Waals surface area contributed by atoms with Gasteiger partial charge in [0, 0.05) is 49.7 Å². The van der Waals surface area contributed by atoms with Crippen molar-refractivity contribution in [2.75, 3.05) is 12.3 Å². The number of rotatable bonds is 5. The highest BCUT2D eigenvalue weighted by Gasteiger charge is 2.12. The average Bonchev–Trinajstić information content (AvgIpc) is 3.08. The van der Waals surface area contributed by atoms with E-state index in [1.807, 2.05) is 59.8 Å². The number of hydrogen-bond acceptors (Lipinski definition) is 3. The lowest BCUT2D eigenvalue weighted by molar-refractivity contribution is 0.0948. The van der Waals surface area contributed by atoms with Crippen molar-refractivity contribution < 1.29 is 4.79 Å². The number of hydrogen-bond donors (Lipinski definition) is 1. The molecule has 0 aliphatic carbocycles. The highest BCUT2D eigenvalue weighted by Crippen LogP contribution is 2.18. The maximum Gasteiger partial charge on any atom is 0.267 e. The Hall–Kier alpha value is -2.21. The van der Waals surface area contributed by atoms with E-state index >= 15 is 0 Å². The van der Waals surface area contributed by atoms with E-state index in [0.29, 0.717) is 12.2 Å². The van der Waals surface area contributed by atoms with Crippen LogP contribution in [0.1, 0.15) is 10.5 Å². The van der Waals surface area contributed by atoms with Gasteiger partial charge in [0.15, 0.2) is 5.16 Å². The van der Waals surface area contributed by atoms with Crippen molar-refractivity contribution in [2.24, 2.45) is 14.1 Å². The van der Waals surface area contributed by atoms with Crippen LogP contribution < -0.4 is 5.32 Å². The number of aryl methyl sites for hydroxylation is 2. The molecular formula is C16H18N4OS. The molecule has 0 saturated carbocycles. The molecule has 0 atom stereocenters. The van der Waals surface area contributed by atoms with E-state index in [2.05, 4.69) is 10.3 Å². The molecule has 2 heterocycles. The molecule has 2 aromatic heterocycles. The van der Waals surface area contributed by atoms with E-state index in [1.165, 1.54) is 0 Å². The van der Waals surface area contributed by atoms with Gasteiger partial charge in [0.1, 0.15) is 5.69 Å². The normalized spacial score (nSPS) is 11.0. The predicted molar refractivity (Wildman–Crippen MR) is 89.2 cm³/mol.